The third kappa shape index (κ3) is 4.30. The fourth-order valence-corrected chi connectivity index (χ4v) is 3.72. The van der Waals surface area contributed by atoms with Crippen LogP contribution in [0.15, 0.2) is 48.7 Å². The van der Waals surface area contributed by atoms with Crippen molar-refractivity contribution in [3.63, 3.8) is 0 Å². The summed E-state index contributed by atoms with van der Waals surface area (Å²) in [4.78, 5) is 21.1. The second-order valence-electron chi connectivity index (χ2n) is 6.65. The number of para-hydroxylation sites is 1. The molecule has 0 saturated heterocycles. The fraction of sp³-hybridized carbons (Fsp3) is 0.0952. The van der Waals surface area contributed by atoms with Crippen LogP contribution in [0.2, 0.25) is 15.1 Å². The minimum absolute atomic E-state index is 0.0655. The summed E-state index contributed by atoms with van der Waals surface area (Å²) in [7, 11) is 1.71. The highest BCUT2D eigenvalue weighted by Gasteiger charge is 2.18. The maximum absolute atomic E-state index is 14.7. The van der Waals surface area contributed by atoms with Gasteiger partial charge in [-0.15, -0.1) is 0 Å². The second kappa shape index (κ2) is 8.70. The van der Waals surface area contributed by atoms with Crippen molar-refractivity contribution < 1.29 is 9.18 Å². The zero-order valence-electron chi connectivity index (χ0n) is 16.1. The van der Waals surface area contributed by atoms with Gasteiger partial charge in [0.25, 0.3) is 5.91 Å². The summed E-state index contributed by atoms with van der Waals surface area (Å²) < 4.78 is 16.4. The molecule has 2 N–H and O–H groups in total. The van der Waals surface area contributed by atoms with E-state index in [0.29, 0.717) is 43.4 Å². The van der Waals surface area contributed by atoms with E-state index < -0.39 is 11.7 Å². The minimum Gasteiger partial charge on any atom is -0.346 e. The fourth-order valence-electron chi connectivity index (χ4n) is 3.04. The predicted octanol–water partition coefficient (Wildman–Crippen LogP) is 5.74. The van der Waals surface area contributed by atoms with Crippen LogP contribution in [0.25, 0.3) is 11.0 Å². The Kier molecular flexibility index (Phi) is 6.00. The standard InChI is InChI=1S/C21H15Cl3FN5O/c1-30-18-9-15(25)11(20(31)27-10-17-12(22)6-3-7-26-17)8-16(18)28-21(30)29-19-13(23)4-2-5-14(19)24/h2-9H,10H2,1H3,(H,27,31)(H,28,29). The summed E-state index contributed by atoms with van der Waals surface area (Å²) in [6.45, 7) is 0.0655. The van der Waals surface area contributed by atoms with Crippen LogP contribution < -0.4 is 10.6 Å². The molecule has 0 atom stereocenters. The molecule has 2 heterocycles. The monoisotopic (exact) mass is 477 g/mol. The maximum Gasteiger partial charge on any atom is 0.254 e. The number of halogens is 4. The van der Waals surface area contributed by atoms with Crippen LogP contribution in [-0.2, 0) is 13.6 Å². The van der Waals surface area contributed by atoms with Crippen LogP contribution in [0, 0.1) is 5.82 Å². The Hall–Kier alpha value is -2.87. The van der Waals surface area contributed by atoms with E-state index in [1.807, 2.05) is 0 Å². The molecule has 0 aliphatic rings. The van der Waals surface area contributed by atoms with Gasteiger partial charge in [-0.05, 0) is 30.3 Å². The van der Waals surface area contributed by atoms with Gasteiger partial charge in [-0.1, -0.05) is 40.9 Å². The van der Waals surface area contributed by atoms with Crippen molar-refractivity contribution in [3.05, 3.63) is 80.8 Å². The number of anilines is 2. The Morgan fingerprint density at radius 2 is 1.81 bits per heavy atom. The molecule has 0 aliphatic heterocycles. The van der Waals surface area contributed by atoms with Crippen LogP contribution in [0.1, 0.15) is 16.1 Å². The van der Waals surface area contributed by atoms with Gasteiger partial charge >= 0.3 is 0 Å². The lowest BCUT2D eigenvalue weighted by Gasteiger charge is -2.09. The number of aryl methyl sites for hydroxylation is 1. The number of hydrogen-bond acceptors (Lipinski definition) is 4. The van der Waals surface area contributed by atoms with Crippen LogP contribution in [0.4, 0.5) is 16.0 Å². The van der Waals surface area contributed by atoms with Crippen molar-refractivity contribution in [1.82, 2.24) is 19.9 Å². The molecule has 2 aromatic heterocycles. The number of carbonyl (C=O) groups excluding carboxylic acids is 1. The summed E-state index contributed by atoms with van der Waals surface area (Å²) in [5, 5.41) is 6.93. The van der Waals surface area contributed by atoms with Gasteiger partial charge in [0.1, 0.15) is 5.82 Å². The van der Waals surface area contributed by atoms with Gasteiger partial charge in [0.05, 0.1) is 49.6 Å². The molecule has 0 aliphatic carbocycles. The first-order chi connectivity index (χ1) is 14.8. The minimum atomic E-state index is -0.678. The molecule has 0 unspecified atom stereocenters. The zero-order chi connectivity index (χ0) is 22.1. The molecule has 10 heteroatoms. The predicted molar refractivity (Wildman–Crippen MR) is 121 cm³/mol. The van der Waals surface area contributed by atoms with E-state index in [1.165, 1.54) is 12.1 Å². The molecule has 158 valence electrons. The van der Waals surface area contributed by atoms with Crippen molar-refractivity contribution in [2.75, 3.05) is 5.32 Å². The molecule has 1 amide bonds. The highest BCUT2D eigenvalue weighted by Crippen LogP contribution is 2.33. The van der Waals surface area contributed by atoms with E-state index in [4.69, 9.17) is 34.8 Å². The average Bonchev–Trinajstić information content (AvgIpc) is 3.04. The highest BCUT2D eigenvalue weighted by molar-refractivity contribution is 6.39. The Balaban J connectivity index is 1.62. The van der Waals surface area contributed by atoms with Gasteiger partial charge in [0.15, 0.2) is 0 Å². The number of rotatable bonds is 5. The van der Waals surface area contributed by atoms with Crippen molar-refractivity contribution in [2.45, 2.75) is 6.54 Å². The molecule has 0 radical (unpaired) electrons. The summed E-state index contributed by atoms with van der Waals surface area (Å²) in [5.41, 5.74) is 1.75. The largest absolute Gasteiger partial charge is 0.346 e. The third-order valence-corrected chi connectivity index (χ3v) is 5.64. The van der Waals surface area contributed by atoms with Gasteiger partial charge in [-0.3, -0.25) is 9.78 Å². The summed E-state index contributed by atoms with van der Waals surface area (Å²) in [6, 6.07) is 11.1. The van der Waals surface area contributed by atoms with Gasteiger partial charge in [0.2, 0.25) is 5.95 Å². The number of nitrogens with one attached hydrogen (secondary N) is 2. The van der Waals surface area contributed by atoms with E-state index >= 15 is 0 Å². The molecule has 6 nitrogen and oxygen atoms in total. The molecule has 4 rings (SSSR count). The van der Waals surface area contributed by atoms with Crippen LogP contribution in [-0.4, -0.2) is 20.4 Å². The lowest BCUT2D eigenvalue weighted by molar-refractivity contribution is 0.0946. The zero-order valence-corrected chi connectivity index (χ0v) is 18.4. The maximum atomic E-state index is 14.7. The Labute approximate surface area is 192 Å². The first kappa shape index (κ1) is 21.4. The van der Waals surface area contributed by atoms with E-state index in [1.54, 1.807) is 48.1 Å². The number of benzene rings is 2. The topological polar surface area (TPSA) is 71.8 Å². The average molecular weight is 479 g/mol. The van der Waals surface area contributed by atoms with E-state index in [2.05, 4.69) is 20.6 Å². The van der Waals surface area contributed by atoms with Gasteiger partial charge < -0.3 is 15.2 Å². The first-order valence-electron chi connectivity index (χ1n) is 9.09. The summed E-state index contributed by atoms with van der Waals surface area (Å²) >= 11 is 18.5. The Bertz CT molecular complexity index is 1290. The molecule has 31 heavy (non-hydrogen) atoms. The highest BCUT2D eigenvalue weighted by atomic mass is 35.5. The number of pyridine rings is 1. The normalized spacial score (nSPS) is 11.0. The van der Waals surface area contributed by atoms with E-state index in [9.17, 15) is 9.18 Å². The molecule has 0 bridgehead atoms. The Morgan fingerprint density at radius 1 is 1.10 bits per heavy atom. The van der Waals surface area contributed by atoms with Crippen LogP contribution in [0.3, 0.4) is 0 Å². The van der Waals surface area contributed by atoms with Crippen molar-refractivity contribution in [1.29, 1.82) is 0 Å². The number of hydrogen-bond donors (Lipinski definition) is 2. The SMILES string of the molecule is Cn1c(Nc2c(Cl)cccc2Cl)nc2cc(C(=O)NCc3ncccc3Cl)c(F)cc21. The summed E-state index contributed by atoms with van der Waals surface area (Å²) in [5.74, 6) is -0.889. The molecular formula is C21H15Cl3FN5O. The lowest BCUT2D eigenvalue weighted by Crippen LogP contribution is -2.24. The number of fused-ring (bicyclic) bond motifs is 1. The Morgan fingerprint density at radius 3 is 2.52 bits per heavy atom. The lowest BCUT2D eigenvalue weighted by atomic mass is 10.1. The number of aromatic nitrogens is 3. The van der Waals surface area contributed by atoms with Crippen molar-refractivity contribution >= 4 is 63.4 Å². The van der Waals surface area contributed by atoms with Crippen molar-refractivity contribution in [3.8, 4) is 0 Å². The number of imidazole rings is 1. The molecule has 4 aromatic rings. The van der Waals surface area contributed by atoms with Crippen LogP contribution >= 0.6 is 34.8 Å². The number of amides is 1. The van der Waals surface area contributed by atoms with Gasteiger partial charge in [0, 0.05) is 19.3 Å². The van der Waals surface area contributed by atoms with Crippen LogP contribution in [0.5, 0.6) is 0 Å². The molecule has 0 spiro atoms. The second-order valence-corrected chi connectivity index (χ2v) is 7.87. The third-order valence-electron chi connectivity index (χ3n) is 4.66. The number of carbonyl (C=O) groups is 1. The molecule has 0 saturated carbocycles. The molecule has 2 aromatic carbocycles. The summed E-state index contributed by atoms with van der Waals surface area (Å²) in [6.07, 6.45) is 1.56. The smallest absolute Gasteiger partial charge is 0.254 e. The molecular weight excluding hydrogens is 464 g/mol. The molecule has 0 fully saturated rings. The van der Waals surface area contributed by atoms with E-state index in [-0.39, 0.29) is 12.1 Å². The van der Waals surface area contributed by atoms with E-state index in [0.717, 1.165) is 0 Å². The van der Waals surface area contributed by atoms with Gasteiger partial charge in [-0.2, -0.15) is 0 Å². The van der Waals surface area contributed by atoms with Gasteiger partial charge in [-0.25, -0.2) is 9.37 Å². The number of nitrogens with zero attached hydrogens (tertiary/aromatic N) is 3. The quantitative estimate of drug-likeness (QED) is 0.384. The first-order valence-corrected chi connectivity index (χ1v) is 10.2. The van der Waals surface area contributed by atoms with Crippen molar-refractivity contribution in [2.24, 2.45) is 7.05 Å².